The third kappa shape index (κ3) is 8.51. The van der Waals surface area contributed by atoms with Crippen molar-refractivity contribution in [1.82, 2.24) is 0 Å². The average Bonchev–Trinajstić information content (AvgIpc) is 1.76. The summed E-state index contributed by atoms with van der Waals surface area (Å²) in [4.78, 5) is 0. The van der Waals surface area contributed by atoms with Gasteiger partial charge >= 0.3 is 0 Å². The Morgan fingerprint density at radius 2 is 1.50 bits per heavy atom. The van der Waals surface area contributed by atoms with Crippen molar-refractivity contribution in [3.8, 4) is 0 Å². The van der Waals surface area contributed by atoms with Gasteiger partial charge in [0, 0.05) is 0 Å². The van der Waals surface area contributed by atoms with Crippen molar-refractivity contribution in [2.75, 3.05) is 39.2 Å². The van der Waals surface area contributed by atoms with Crippen molar-refractivity contribution in [1.29, 1.82) is 0 Å². The van der Waals surface area contributed by atoms with Crippen LogP contribution in [0.1, 0.15) is 20.8 Å². The monoisotopic (exact) mass is 222 g/mol. The highest BCUT2D eigenvalue weighted by Crippen LogP contribution is 2.16. The Morgan fingerprint density at radius 1 is 1.07 bits per heavy atom. The molecule has 0 rings (SSSR count). The Balaban J connectivity index is 4.25. The van der Waals surface area contributed by atoms with Gasteiger partial charge in [-0.05, 0) is 5.41 Å². The minimum atomic E-state index is -2.89. The van der Waals surface area contributed by atoms with Gasteiger partial charge in [-0.25, -0.2) is 8.42 Å². The van der Waals surface area contributed by atoms with Crippen molar-refractivity contribution >= 4 is 9.84 Å². The molecule has 0 aromatic heterocycles. The summed E-state index contributed by atoms with van der Waals surface area (Å²) >= 11 is 0. The lowest BCUT2D eigenvalue weighted by Gasteiger charge is -2.25. The van der Waals surface area contributed by atoms with Gasteiger partial charge in [0.25, 0.3) is 0 Å². The van der Waals surface area contributed by atoms with Gasteiger partial charge in [-0.15, -0.1) is 0 Å². The standard InChI is InChI=1S/C10H24NO2S/c1-10(2,3)9-14(12,13)8-7-11(4,5)6/h7-9H2,1-6H3/q+1. The van der Waals surface area contributed by atoms with Crippen LogP contribution >= 0.6 is 0 Å². The first-order chi connectivity index (χ1) is 5.91. The maximum Gasteiger partial charge on any atom is 0.156 e. The fourth-order valence-corrected chi connectivity index (χ4v) is 3.43. The number of hydrogen-bond donors (Lipinski definition) is 0. The van der Waals surface area contributed by atoms with Crippen LogP contribution in [0.3, 0.4) is 0 Å². The first kappa shape index (κ1) is 13.9. The maximum atomic E-state index is 11.7. The number of quaternary nitrogens is 1. The number of sulfone groups is 1. The minimum Gasteiger partial charge on any atom is -0.330 e. The summed E-state index contributed by atoms with van der Waals surface area (Å²) in [6, 6.07) is 0. The van der Waals surface area contributed by atoms with Gasteiger partial charge in [-0.2, -0.15) is 0 Å². The predicted octanol–water partition coefficient (Wildman–Crippen LogP) is 1.15. The van der Waals surface area contributed by atoms with Crippen molar-refractivity contribution < 1.29 is 12.9 Å². The first-order valence-corrected chi connectivity index (χ1v) is 6.74. The van der Waals surface area contributed by atoms with Crippen LogP contribution in [-0.4, -0.2) is 52.1 Å². The predicted molar refractivity (Wildman–Crippen MR) is 61.0 cm³/mol. The molecule has 4 heteroatoms. The molecule has 0 aliphatic rings. The van der Waals surface area contributed by atoms with Crippen LogP contribution in [0.15, 0.2) is 0 Å². The lowest BCUT2D eigenvalue weighted by molar-refractivity contribution is -0.867. The molecule has 0 heterocycles. The third-order valence-corrected chi connectivity index (χ3v) is 3.84. The third-order valence-electron chi connectivity index (χ3n) is 1.73. The van der Waals surface area contributed by atoms with Crippen molar-refractivity contribution in [3.05, 3.63) is 0 Å². The van der Waals surface area contributed by atoms with Gasteiger partial charge in [0.15, 0.2) is 9.84 Å². The molecule has 86 valence electrons. The molecular weight excluding hydrogens is 198 g/mol. The van der Waals surface area contributed by atoms with Crippen molar-refractivity contribution in [3.63, 3.8) is 0 Å². The molecule has 0 saturated carbocycles. The van der Waals surface area contributed by atoms with Gasteiger partial charge < -0.3 is 4.48 Å². The summed E-state index contributed by atoms with van der Waals surface area (Å²) < 4.78 is 24.1. The zero-order chi connectivity index (χ0) is 11.6. The minimum absolute atomic E-state index is 0.135. The molecule has 0 aliphatic heterocycles. The second kappa shape index (κ2) is 4.19. The highest BCUT2D eigenvalue weighted by atomic mass is 32.2. The van der Waals surface area contributed by atoms with Crippen LogP contribution in [0.2, 0.25) is 0 Å². The van der Waals surface area contributed by atoms with Crippen LogP contribution in [0.4, 0.5) is 0 Å². The van der Waals surface area contributed by atoms with E-state index < -0.39 is 9.84 Å². The Kier molecular flexibility index (Phi) is 4.16. The van der Waals surface area contributed by atoms with E-state index in [0.29, 0.717) is 11.0 Å². The summed E-state index contributed by atoms with van der Waals surface area (Å²) in [6.07, 6.45) is 0. The van der Waals surface area contributed by atoms with Gasteiger partial charge in [-0.3, -0.25) is 0 Å². The van der Waals surface area contributed by atoms with Gasteiger partial charge in [0.2, 0.25) is 0 Å². The van der Waals surface area contributed by atoms with Crippen molar-refractivity contribution in [2.45, 2.75) is 20.8 Å². The van der Waals surface area contributed by atoms with Gasteiger partial charge in [0.05, 0.1) is 39.2 Å². The molecule has 0 unspecified atom stereocenters. The topological polar surface area (TPSA) is 34.1 Å². The summed E-state index contributed by atoms with van der Waals surface area (Å²) in [5.41, 5.74) is -0.135. The highest BCUT2D eigenvalue weighted by Gasteiger charge is 2.23. The van der Waals surface area contributed by atoms with Gasteiger partial charge in [-0.1, -0.05) is 20.8 Å². The van der Waals surface area contributed by atoms with E-state index in [1.165, 1.54) is 0 Å². The molecule has 0 aromatic rings. The molecule has 0 aromatic carbocycles. The van der Waals surface area contributed by atoms with E-state index >= 15 is 0 Å². The van der Waals surface area contributed by atoms with E-state index in [-0.39, 0.29) is 16.9 Å². The lowest BCUT2D eigenvalue weighted by atomic mass is 10.0. The largest absolute Gasteiger partial charge is 0.330 e. The molecule has 0 N–H and O–H groups in total. The maximum absolute atomic E-state index is 11.7. The van der Waals surface area contributed by atoms with Crippen LogP contribution in [0, 0.1) is 5.41 Å². The summed E-state index contributed by atoms with van der Waals surface area (Å²) in [5.74, 6) is 0.563. The Labute approximate surface area is 88.6 Å². The Bertz CT molecular complexity index is 267. The molecule has 0 saturated heterocycles. The fourth-order valence-electron chi connectivity index (χ4n) is 1.14. The molecule has 0 bridgehead atoms. The molecule has 0 radical (unpaired) electrons. The first-order valence-electron chi connectivity index (χ1n) is 4.92. The van der Waals surface area contributed by atoms with E-state index in [4.69, 9.17) is 0 Å². The molecule has 14 heavy (non-hydrogen) atoms. The van der Waals surface area contributed by atoms with Crippen LogP contribution < -0.4 is 0 Å². The summed E-state index contributed by atoms with van der Waals surface area (Å²) in [7, 11) is 3.13. The average molecular weight is 222 g/mol. The molecule has 0 atom stereocenters. The summed E-state index contributed by atoms with van der Waals surface area (Å²) in [5, 5.41) is 0. The smallest absolute Gasteiger partial charge is 0.156 e. The molecule has 0 spiro atoms. The molecule has 0 fully saturated rings. The van der Waals surface area contributed by atoms with E-state index in [0.717, 1.165) is 0 Å². The molecule has 3 nitrogen and oxygen atoms in total. The molecular formula is C10H24NO2S+. The van der Waals surface area contributed by atoms with E-state index in [2.05, 4.69) is 0 Å². The number of hydrogen-bond acceptors (Lipinski definition) is 2. The second-order valence-corrected chi connectivity index (χ2v) is 8.35. The highest BCUT2D eigenvalue weighted by molar-refractivity contribution is 7.91. The van der Waals surface area contributed by atoms with Crippen LogP contribution in [0.25, 0.3) is 0 Å². The van der Waals surface area contributed by atoms with Crippen molar-refractivity contribution in [2.24, 2.45) is 5.41 Å². The Hall–Kier alpha value is -0.0900. The second-order valence-electron chi connectivity index (χ2n) is 6.17. The number of nitrogens with zero attached hydrogens (tertiary/aromatic N) is 1. The van der Waals surface area contributed by atoms with E-state index in [1.807, 2.05) is 41.9 Å². The summed E-state index contributed by atoms with van der Waals surface area (Å²) in [6.45, 7) is 6.54. The molecule has 0 aliphatic carbocycles. The lowest BCUT2D eigenvalue weighted by Crippen LogP contribution is -2.40. The van der Waals surface area contributed by atoms with Gasteiger partial charge in [0.1, 0.15) is 0 Å². The van der Waals surface area contributed by atoms with Crippen LogP contribution in [-0.2, 0) is 9.84 Å². The zero-order valence-electron chi connectivity index (χ0n) is 10.3. The normalized spacial score (nSPS) is 14.4. The fraction of sp³-hybridized carbons (Fsp3) is 1.00. The Morgan fingerprint density at radius 3 is 1.79 bits per heavy atom. The number of rotatable bonds is 4. The van der Waals surface area contributed by atoms with E-state index in [9.17, 15) is 8.42 Å². The quantitative estimate of drug-likeness (QED) is 0.669. The molecule has 0 amide bonds. The zero-order valence-corrected chi connectivity index (χ0v) is 11.1. The van der Waals surface area contributed by atoms with E-state index in [1.54, 1.807) is 0 Å². The van der Waals surface area contributed by atoms with Crippen LogP contribution in [0.5, 0.6) is 0 Å². The SMILES string of the molecule is CC(C)(C)CS(=O)(=O)CC[N+](C)(C)C.